The molecule has 0 spiro atoms. The van der Waals surface area contributed by atoms with Crippen molar-refractivity contribution in [3.05, 3.63) is 20.9 Å². The molecule has 0 fully saturated rings. The van der Waals surface area contributed by atoms with E-state index in [1.54, 1.807) is 0 Å². The van der Waals surface area contributed by atoms with Gasteiger partial charge in [-0.05, 0) is 28.2 Å². The van der Waals surface area contributed by atoms with Gasteiger partial charge in [-0.25, -0.2) is 4.98 Å². The molecular weight excluding hydrogens is 423 g/mol. The first-order chi connectivity index (χ1) is 9.45. The Morgan fingerprint density at radius 3 is 2.29 bits per heavy atom. The van der Waals surface area contributed by atoms with Crippen LogP contribution in [0.2, 0.25) is 0 Å². The van der Waals surface area contributed by atoms with E-state index in [9.17, 15) is 31.1 Å². The zero-order chi connectivity index (χ0) is 16.4. The fourth-order valence-corrected chi connectivity index (χ4v) is 1.97. The Balaban J connectivity index is 3.46. The fraction of sp³-hybridized carbons (Fsp3) is 0.400. The Morgan fingerprint density at radius 1 is 1.29 bits per heavy atom. The summed E-state index contributed by atoms with van der Waals surface area (Å²) < 4.78 is 82.7. The highest BCUT2D eigenvalue weighted by molar-refractivity contribution is 14.1. The van der Waals surface area contributed by atoms with Crippen LogP contribution in [0, 0.1) is 3.57 Å². The fourth-order valence-electron chi connectivity index (χ4n) is 1.37. The summed E-state index contributed by atoms with van der Waals surface area (Å²) in [6.45, 7) is 0. The second kappa shape index (κ2) is 6.23. The van der Waals surface area contributed by atoms with Gasteiger partial charge in [0.15, 0.2) is 0 Å². The van der Waals surface area contributed by atoms with Gasteiger partial charge in [0, 0.05) is 9.77 Å². The lowest BCUT2D eigenvalue weighted by Crippen LogP contribution is -2.23. The highest BCUT2D eigenvalue weighted by Crippen LogP contribution is 2.41. The minimum atomic E-state index is -5.34. The number of aromatic nitrogens is 1. The van der Waals surface area contributed by atoms with Crippen LogP contribution in [0.15, 0.2) is 6.20 Å². The largest absolute Gasteiger partial charge is 0.574 e. The van der Waals surface area contributed by atoms with Crippen LogP contribution in [0.5, 0.6) is 5.88 Å². The van der Waals surface area contributed by atoms with Crippen LogP contribution in [-0.2, 0) is 22.1 Å². The maximum Gasteiger partial charge on any atom is 0.574 e. The standard InChI is InChI=1S/C10H6F6INO3/c1-20-6(19)2-4-5(17)3-18-8(21-10(14,15)16)7(4)9(11,12)13/h3H,2H2,1H3. The van der Waals surface area contributed by atoms with Crippen LogP contribution in [0.3, 0.4) is 0 Å². The van der Waals surface area contributed by atoms with E-state index in [4.69, 9.17) is 0 Å². The molecule has 0 aromatic carbocycles. The van der Waals surface area contributed by atoms with Crippen LogP contribution in [0.4, 0.5) is 26.3 Å². The zero-order valence-corrected chi connectivity index (χ0v) is 12.3. The lowest BCUT2D eigenvalue weighted by molar-refractivity contribution is -0.277. The van der Waals surface area contributed by atoms with Crippen LogP contribution in [-0.4, -0.2) is 24.4 Å². The van der Waals surface area contributed by atoms with E-state index in [0.717, 1.165) is 13.3 Å². The van der Waals surface area contributed by atoms with Crippen molar-refractivity contribution < 1.29 is 40.6 Å². The summed E-state index contributed by atoms with van der Waals surface area (Å²) in [5.41, 5.74) is -2.44. The molecular formula is C10H6F6INO3. The Morgan fingerprint density at radius 2 is 1.86 bits per heavy atom. The van der Waals surface area contributed by atoms with Gasteiger partial charge in [-0.2, -0.15) is 13.2 Å². The highest BCUT2D eigenvalue weighted by atomic mass is 127. The number of alkyl halides is 6. The average Bonchev–Trinajstić information content (AvgIpc) is 2.29. The number of ether oxygens (including phenoxy) is 2. The molecule has 1 aromatic heterocycles. The summed E-state index contributed by atoms with van der Waals surface area (Å²) in [6, 6.07) is 0. The predicted octanol–water partition coefficient (Wildman–Crippen LogP) is 3.32. The minimum Gasteiger partial charge on any atom is -0.469 e. The molecule has 0 saturated carbocycles. The lowest BCUT2D eigenvalue weighted by atomic mass is 10.1. The molecule has 0 bridgehead atoms. The van der Waals surface area contributed by atoms with E-state index in [1.165, 1.54) is 22.6 Å². The van der Waals surface area contributed by atoms with E-state index in [2.05, 4.69) is 14.5 Å². The van der Waals surface area contributed by atoms with E-state index < -0.39 is 41.9 Å². The molecule has 0 aliphatic heterocycles. The zero-order valence-electron chi connectivity index (χ0n) is 10.1. The van der Waals surface area contributed by atoms with Crippen molar-refractivity contribution in [2.75, 3.05) is 7.11 Å². The normalized spacial score (nSPS) is 12.2. The summed E-state index contributed by atoms with van der Waals surface area (Å²) in [7, 11) is 0.941. The Kier molecular flexibility index (Phi) is 5.28. The van der Waals surface area contributed by atoms with Gasteiger partial charge in [0.25, 0.3) is 0 Å². The predicted molar refractivity (Wildman–Crippen MR) is 64.4 cm³/mol. The Labute approximate surface area is 127 Å². The topological polar surface area (TPSA) is 48.4 Å². The number of nitrogens with zero attached hydrogens (tertiary/aromatic N) is 1. The smallest absolute Gasteiger partial charge is 0.469 e. The van der Waals surface area contributed by atoms with Crippen LogP contribution >= 0.6 is 22.6 Å². The number of hydrogen-bond donors (Lipinski definition) is 0. The number of halogens is 7. The molecule has 118 valence electrons. The van der Waals surface area contributed by atoms with E-state index in [1.807, 2.05) is 0 Å². The van der Waals surface area contributed by atoms with Crippen molar-refractivity contribution in [2.45, 2.75) is 19.0 Å². The Bertz CT molecular complexity index is 543. The van der Waals surface area contributed by atoms with Gasteiger partial charge in [0.2, 0.25) is 5.88 Å². The third kappa shape index (κ3) is 4.89. The molecule has 11 heteroatoms. The SMILES string of the molecule is COC(=O)Cc1c(I)cnc(OC(F)(F)F)c1C(F)(F)F. The molecule has 0 amide bonds. The molecule has 1 rings (SSSR count). The molecule has 1 heterocycles. The number of rotatable bonds is 3. The van der Waals surface area contributed by atoms with Gasteiger partial charge < -0.3 is 9.47 Å². The van der Waals surface area contributed by atoms with E-state index in [-0.39, 0.29) is 3.57 Å². The second-order valence-corrected chi connectivity index (χ2v) is 4.73. The van der Waals surface area contributed by atoms with Crippen molar-refractivity contribution in [2.24, 2.45) is 0 Å². The summed E-state index contributed by atoms with van der Waals surface area (Å²) in [6.07, 6.45) is -10.6. The molecule has 0 atom stereocenters. The summed E-state index contributed by atoms with van der Waals surface area (Å²) >= 11 is 1.42. The molecule has 0 radical (unpaired) electrons. The van der Waals surface area contributed by atoms with Crippen molar-refractivity contribution in [3.8, 4) is 5.88 Å². The van der Waals surface area contributed by atoms with Crippen LogP contribution in [0.1, 0.15) is 11.1 Å². The number of pyridine rings is 1. The minimum absolute atomic E-state index is 0.139. The number of hydrogen-bond acceptors (Lipinski definition) is 4. The molecule has 4 nitrogen and oxygen atoms in total. The lowest BCUT2D eigenvalue weighted by Gasteiger charge is -2.18. The Hall–Kier alpha value is -1.27. The third-order valence-corrected chi connectivity index (χ3v) is 3.07. The van der Waals surface area contributed by atoms with Gasteiger partial charge in [0.1, 0.15) is 5.56 Å². The average molecular weight is 429 g/mol. The van der Waals surface area contributed by atoms with Gasteiger partial charge in [0.05, 0.1) is 13.5 Å². The van der Waals surface area contributed by atoms with Crippen molar-refractivity contribution >= 4 is 28.6 Å². The van der Waals surface area contributed by atoms with Crippen LogP contribution < -0.4 is 4.74 Å². The number of carbonyl (C=O) groups is 1. The van der Waals surface area contributed by atoms with E-state index >= 15 is 0 Å². The number of esters is 1. The summed E-state index contributed by atoms with van der Waals surface area (Å²) in [5.74, 6) is -2.70. The third-order valence-electron chi connectivity index (χ3n) is 2.14. The molecule has 0 aliphatic carbocycles. The first-order valence-corrected chi connectivity index (χ1v) is 6.10. The van der Waals surface area contributed by atoms with Crippen molar-refractivity contribution in [3.63, 3.8) is 0 Å². The number of carbonyl (C=O) groups excluding carboxylic acids is 1. The molecule has 0 unspecified atom stereocenters. The molecule has 0 saturated heterocycles. The maximum atomic E-state index is 13.0. The van der Waals surface area contributed by atoms with Gasteiger partial charge in [-0.1, -0.05) is 0 Å². The van der Waals surface area contributed by atoms with Gasteiger partial charge in [-0.15, -0.1) is 13.2 Å². The first-order valence-electron chi connectivity index (χ1n) is 5.03. The quantitative estimate of drug-likeness (QED) is 0.421. The van der Waals surface area contributed by atoms with Crippen molar-refractivity contribution in [1.29, 1.82) is 0 Å². The van der Waals surface area contributed by atoms with E-state index in [0.29, 0.717) is 0 Å². The molecule has 0 aliphatic rings. The second-order valence-electron chi connectivity index (χ2n) is 3.56. The summed E-state index contributed by atoms with van der Waals surface area (Å²) in [4.78, 5) is 14.1. The summed E-state index contributed by atoms with van der Waals surface area (Å²) in [5, 5.41) is 0. The van der Waals surface area contributed by atoms with Crippen molar-refractivity contribution in [1.82, 2.24) is 4.98 Å². The molecule has 21 heavy (non-hydrogen) atoms. The molecule has 1 aromatic rings. The van der Waals surface area contributed by atoms with Crippen LogP contribution in [0.25, 0.3) is 0 Å². The van der Waals surface area contributed by atoms with Gasteiger partial charge >= 0.3 is 18.5 Å². The van der Waals surface area contributed by atoms with Gasteiger partial charge in [-0.3, -0.25) is 4.79 Å². The monoisotopic (exact) mass is 429 g/mol. The number of methoxy groups -OCH3 is 1. The first kappa shape index (κ1) is 17.8. The maximum absolute atomic E-state index is 13.0. The molecule has 0 N–H and O–H groups in total. The highest BCUT2D eigenvalue weighted by Gasteiger charge is 2.43.